The molecule has 2 fully saturated rings. The fourth-order valence-electron chi connectivity index (χ4n) is 2.50. The molecule has 0 aromatic carbocycles. The molecular formula is C11H20N2O2. The van der Waals surface area contributed by atoms with E-state index in [1.54, 1.807) is 0 Å². The minimum absolute atomic E-state index is 0.273. The molecule has 1 saturated carbocycles. The Balaban J connectivity index is 1.89. The number of carbonyl (C=O) groups is 1. The van der Waals surface area contributed by atoms with Gasteiger partial charge in [-0.25, -0.2) is 0 Å². The van der Waals surface area contributed by atoms with Crippen molar-refractivity contribution in [1.82, 2.24) is 4.90 Å². The second-order valence-electron chi connectivity index (χ2n) is 4.88. The van der Waals surface area contributed by atoms with E-state index < -0.39 is 5.97 Å². The van der Waals surface area contributed by atoms with Gasteiger partial charge in [-0.1, -0.05) is 0 Å². The Morgan fingerprint density at radius 1 is 1.33 bits per heavy atom. The van der Waals surface area contributed by atoms with Gasteiger partial charge in [0.25, 0.3) is 0 Å². The SMILES string of the molecule is NC1CCN(C(CC(=O)O)C2CC2)CC1. The third kappa shape index (κ3) is 2.92. The van der Waals surface area contributed by atoms with Crippen LogP contribution in [-0.2, 0) is 4.79 Å². The van der Waals surface area contributed by atoms with Gasteiger partial charge >= 0.3 is 5.97 Å². The maximum atomic E-state index is 10.8. The Hall–Kier alpha value is -0.610. The number of hydrogen-bond acceptors (Lipinski definition) is 3. The standard InChI is InChI=1S/C11H20N2O2/c12-9-3-5-13(6-4-9)10(7-11(14)15)8-1-2-8/h8-10H,1-7,12H2,(H,14,15). The fourth-order valence-corrected chi connectivity index (χ4v) is 2.50. The number of piperidine rings is 1. The summed E-state index contributed by atoms with van der Waals surface area (Å²) in [6, 6.07) is 0.598. The van der Waals surface area contributed by atoms with E-state index in [1.807, 2.05) is 0 Å². The number of likely N-dealkylation sites (tertiary alicyclic amines) is 1. The molecule has 4 nitrogen and oxygen atoms in total. The third-order valence-corrected chi connectivity index (χ3v) is 3.59. The van der Waals surface area contributed by atoms with Crippen LogP contribution in [0, 0.1) is 5.92 Å². The van der Waals surface area contributed by atoms with E-state index in [9.17, 15) is 4.79 Å². The zero-order valence-electron chi connectivity index (χ0n) is 9.06. The largest absolute Gasteiger partial charge is 0.481 e. The Morgan fingerprint density at radius 3 is 2.40 bits per heavy atom. The van der Waals surface area contributed by atoms with E-state index >= 15 is 0 Å². The van der Waals surface area contributed by atoms with Crippen LogP contribution in [0.4, 0.5) is 0 Å². The summed E-state index contributed by atoms with van der Waals surface area (Å²) in [5, 5.41) is 8.89. The minimum Gasteiger partial charge on any atom is -0.481 e. The van der Waals surface area contributed by atoms with Crippen LogP contribution in [0.2, 0.25) is 0 Å². The molecule has 0 spiro atoms. The van der Waals surface area contributed by atoms with Crippen LogP contribution >= 0.6 is 0 Å². The molecule has 1 saturated heterocycles. The zero-order chi connectivity index (χ0) is 10.8. The van der Waals surface area contributed by atoms with Crippen LogP contribution in [0.25, 0.3) is 0 Å². The van der Waals surface area contributed by atoms with E-state index in [1.165, 1.54) is 12.8 Å². The molecule has 0 aromatic rings. The third-order valence-electron chi connectivity index (χ3n) is 3.59. The van der Waals surface area contributed by atoms with Gasteiger partial charge < -0.3 is 10.8 Å². The molecule has 1 unspecified atom stereocenters. The number of aliphatic carboxylic acids is 1. The van der Waals surface area contributed by atoms with Gasteiger partial charge in [-0.3, -0.25) is 9.69 Å². The summed E-state index contributed by atoms with van der Waals surface area (Å²) in [5.41, 5.74) is 5.85. The van der Waals surface area contributed by atoms with Crippen molar-refractivity contribution in [1.29, 1.82) is 0 Å². The molecule has 0 aromatic heterocycles. The summed E-state index contributed by atoms with van der Waals surface area (Å²) < 4.78 is 0. The number of rotatable bonds is 4. The molecule has 1 heterocycles. The molecule has 2 rings (SSSR count). The van der Waals surface area contributed by atoms with Gasteiger partial charge in [0, 0.05) is 12.1 Å². The molecule has 0 amide bonds. The van der Waals surface area contributed by atoms with E-state index in [0.717, 1.165) is 25.9 Å². The van der Waals surface area contributed by atoms with Crippen LogP contribution in [0.1, 0.15) is 32.1 Å². The average molecular weight is 212 g/mol. The van der Waals surface area contributed by atoms with Crippen LogP contribution in [0.15, 0.2) is 0 Å². The molecule has 1 aliphatic heterocycles. The van der Waals surface area contributed by atoms with Crippen LogP contribution in [0.5, 0.6) is 0 Å². The molecule has 4 heteroatoms. The van der Waals surface area contributed by atoms with Gasteiger partial charge in [-0.05, 0) is 44.7 Å². The van der Waals surface area contributed by atoms with Crippen molar-refractivity contribution >= 4 is 5.97 Å². The normalized spacial score (nSPS) is 26.5. The molecule has 0 radical (unpaired) electrons. The summed E-state index contributed by atoms with van der Waals surface area (Å²) in [6.07, 6.45) is 4.76. The van der Waals surface area contributed by atoms with E-state index in [2.05, 4.69) is 4.90 Å². The van der Waals surface area contributed by atoms with Crippen molar-refractivity contribution in [3.8, 4) is 0 Å². The second kappa shape index (κ2) is 4.49. The lowest BCUT2D eigenvalue weighted by molar-refractivity contribution is -0.138. The lowest BCUT2D eigenvalue weighted by Crippen LogP contribution is -2.46. The highest BCUT2D eigenvalue weighted by molar-refractivity contribution is 5.67. The van der Waals surface area contributed by atoms with Gasteiger partial charge in [-0.15, -0.1) is 0 Å². The summed E-state index contributed by atoms with van der Waals surface area (Å²) in [5.74, 6) is -0.0304. The van der Waals surface area contributed by atoms with Gasteiger partial charge in [0.15, 0.2) is 0 Å². The number of carboxylic acid groups (broad SMARTS) is 1. The first kappa shape index (κ1) is 10.9. The smallest absolute Gasteiger partial charge is 0.304 e. The van der Waals surface area contributed by atoms with Crippen LogP contribution in [-0.4, -0.2) is 41.1 Å². The van der Waals surface area contributed by atoms with Crippen molar-refractivity contribution in [2.45, 2.75) is 44.2 Å². The average Bonchev–Trinajstić information content (AvgIpc) is 2.99. The fraction of sp³-hybridized carbons (Fsp3) is 0.909. The lowest BCUT2D eigenvalue weighted by Gasteiger charge is -2.36. The van der Waals surface area contributed by atoms with Gasteiger partial charge in [-0.2, -0.15) is 0 Å². The molecule has 2 aliphatic rings. The first-order valence-electron chi connectivity index (χ1n) is 5.88. The summed E-state index contributed by atoms with van der Waals surface area (Å²) in [6.45, 7) is 1.96. The van der Waals surface area contributed by atoms with Crippen molar-refractivity contribution in [3.05, 3.63) is 0 Å². The number of nitrogens with two attached hydrogens (primary N) is 1. The highest BCUT2D eigenvalue weighted by Crippen LogP contribution is 2.37. The first-order valence-corrected chi connectivity index (χ1v) is 5.88. The second-order valence-corrected chi connectivity index (χ2v) is 4.88. The van der Waals surface area contributed by atoms with Gasteiger partial charge in [0.1, 0.15) is 0 Å². The predicted octanol–water partition coefficient (Wildman–Crippen LogP) is 0.663. The maximum Gasteiger partial charge on any atom is 0.304 e. The van der Waals surface area contributed by atoms with Gasteiger partial charge in [0.2, 0.25) is 0 Å². The first-order chi connectivity index (χ1) is 7.16. The Bertz CT molecular complexity index is 233. The topological polar surface area (TPSA) is 66.6 Å². The van der Waals surface area contributed by atoms with Gasteiger partial charge in [0.05, 0.1) is 6.42 Å². The molecule has 15 heavy (non-hydrogen) atoms. The van der Waals surface area contributed by atoms with Crippen molar-refractivity contribution in [2.24, 2.45) is 11.7 Å². The molecular weight excluding hydrogens is 192 g/mol. The molecule has 1 aliphatic carbocycles. The maximum absolute atomic E-state index is 10.8. The molecule has 1 atom stereocenters. The minimum atomic E-state index is -0.665. The lowest BCUT2D eigenvalue weighted by atomic mass is 10.00. The predicted molar refractivity (Wildman–Crippen MR) is 57.5 cm³/mol. The molecule has 3 N–H and O–H groups in total. The Morgan fingerprint density at radius 2 is 1.93 bits per heavy atom. The van der Waals surface area contributed by atoms with Crippen molar-refractivity contribution in [2.75, 3.05) is 13.1 Å². The monoisotopic (exact) mass is 212 g/mol. The highest BCUT2D eigenvalue weighted by Gasteiger charge is 2.37. The van der Waals surface area contributed by atoms with E-state index in [-0.39, 0.29) is 6.04 Å². The molecule has 86 valence electrons. The number of carboxylic acids is 1. The zero-order valence-corrected chi connectivity index (χ0v) is 9.06. The van der Waals surface area contributed by atoms with Crippen molar-refractivity contribution < 1.29 is 9.90 Å². The number of hydrogen-bond donors (Lipinski definition) is 2. The van der Waals surface area contributed by atoms with Crippen LogP contribution < -0.4 is 5.73 Å². The highest BCUT2D eigenvalue weighted by atomic mass is 16.4. The van der Waals surface area contributed by atoms with E-state index in [4.69, 9.17) is 10.8 Å². The number of nitrogens with zero attached hydrogens (tertiary/aromatic N) is 1. The van der Waals surface area contributed by atoms with Crippen LogP contribution in [0.3, 0.4) is 0 Å². The summed E-state index contributed by atoms with van der Waals surface area (Å²) in [7, 11) is 0. The van der Waals surface area contributed by atoms with Crippen molar-refractivity contribution in [3.63, 3.8) is 0 Å². The quantitative estimate of drug-likeness (QED) is 0.718. The summed E-state index contributed by atoms with van der Waals surface area (Å²) >= 11 is 0. The summed E-state index contributed by atoms with van der Waals surface area (Å²) in [4.78, 5) is 13.1. The Kier molecular flexibility index (Phi) is 3.26. The Labute approximate surface area is 90.4 Å². The molecule has 0 bridgehead atoms. The van der Waals surface area contributed by atoms with E-state index in [0.29, 0.717) is 18.4 Å².